The first-order chi connectivity index (χ1) is 11.6. The number of nitrogens with zero attached hydrogens (tertiary/aromatic N) is 2. The van der Waals surface area contributed by atoms with E-state index in [4.69, 9.17) is 10.5 Å². The van der Waals surface area contributed by atoms with Crippen LogP contribution >= 0.6 is 0 Å². The summed E-state index contributed by atoms with van der Waals surface area (Å²) in [6.45, 7) is 0. The first-order valence-corrected chi connectivity index (χ1v) is 6.89. The molecule has 0 aromatic heterocycles. The zero-order chi connectivity index (χ0) is 17.3. The lowest BCUT2D eigenvalue weighted by Crippen LogP contribution is -2.22. The van der Waals surface area contributed by atoms with E-state index in [0.29, 0.717) is 0 Å². The molecule has 6 nitrogen and oxygen atoms in total. The monoisotopic (exact) mass is 315 g/mol. The van der Waals surface area contributed by atoms with Crippen LogP contribution in [0.15, 0.2) is 48.2 Å². The minimum Gasteiger partial charge on any atom is -0.507 e. The zero-order valence-corrected chi connectivity index (χ0v) is 12.2. The van der Waals surface area contributed by atoms with Crippen LogP contribution in [0.1, 0.15) is 31.8 Å². The molecule has 1 aliphatic rings. The summed E-state index contributed by atoms with van der Waals surface area (Å²) in [5, 5.41) is 30.3. The Balaban J connectivity index is 2.20. The highest BCUT2D eigenvalue weighted by Crippen LogP contribution is 2.36. The van der Waals surface area contributed by atoms with Crippen LogP contribution in [0.25, 0.3) is 0 Å². The largest absolute Gasteiger partial charge is 0.507 e. The van der Waals surface area contributed by atoms with Gasteiger partial charge in [-0.05, 0) is 12.1 Å². The summed E-state index contributed by atoms with van der Waals surface area (Å²) in [4.78, 5) is 25.4. The van der Waals surface area contributed by atoms with Crippen molar-refractivity contribution >= 4 is 17.3 Å². The second kappa shape index (κ2) is 5.71. The minimum absolute atomic E-state index is 0.0187. The zero-order valence-electron chi connectivity index (χ0n) is 12.2. The Morgan fingerprint density at radius 2 is 1.54 bits per heavy atom. The molecule has 0 atom stereocenters. The summed E-state index contributed by atoms with van der Waals surface area (Å²) in [6, 6.07) is 12.4. The van der Waals surface area contributed by atoms with E-state index in [2.05, 4.69) is 5.32 Å². The van der Waals surface area contributed by atoms with E-state index in [1.165, 1.54) is 24.3 Å². The number of hydrogen-bond acceptors (Lipinski definition) is 6. The highest BCUT2D eigenvalue weighted by molar-refractivity contribution is 6.31. The molecule has 0 spiro atoms. The van der Waals surface area contributed by atoms with Crippen LogP contribution in [0.3, 0.4) is 0 Å². The van der Waals surface area contributed by atoms with Gasteiger partial charge >= 0.3 is 0 Å². The lowest BCUT2D eigenvalue weighted by molar-refractivity contribution is 0.0977. The molecule has 0 amide bonds. The van der Waals surface area contributed by atoms with Gasteiger partial charge in [-0.15, -0.1) is 0 Å². The van der Waals surface area contributed by atoms with Crippen LogP contribution in [-0.4, -0.2) is 16.7 Å². The van der Waals surface area contributed by atoms with Gasteiger partial charge in [0.15, 0.2) is 11.6 Å². The maximum atomic E-state index is 12.8. The van der Waals surface area contributed by atoms with Gasteiger partial charge in [0, 0.05) is 17.3 Å². The molecule has 0 saturated carbocycles. The summed E-state index contributed by atoms with van der Waals surface area (Å²) in [5.74, 6) is -1.17. The molecule has 3 rings (SSSR count). The van der Waals surface area contributed by atoms with Gasteiger partial charge in [-0.3, -0.25) is 9.59 Å². The fourth-order valence-electron chi connectivity index (χ4n) is 2.57. The predicted molar refractivity (Wildman–Crippen MR) is 84.3 cm³/mol. The third-order valence-electron chi connectivity index (χ3n) is 3.67. The highest BCUT2D eigenvalue weighted by atomic mass is 16.3. The number of allylic oxidation sites excluding steroid dienone is 1. The first-order valence-electron chi connectivity index (χ1n) is 6.89. The molecule has 0 fully saturated rings. The van der Waals surface area contributed by atoms with Gasteiger partial charge in [0.2, 0.25) is 0 Å². The SMILES string of the molecule is N#CC(C#N)=CNc1ccc(O)c2c1C(=O)c1ccccc1C2=O. The summed E-state index contributed by atoms with van der Waals surface area (Å²) in [6.07, 6.45) is 1.14. The predicted octanol–water partition coefficient (Wildman–Crippen LogP) is 2.51. The Hall–Kier alpha value is -3.90. The first kappa shape index (κ1) is 15.0. The number of phenolic OH excluding ortho intramolecular Hbond substituents is 1. The number of carbonyl (C=O) groups excluding carboxylic acids is 2. The number of carbonyl (C=O) groups is 2. The van der Waals surface area contributed by atoms with Crippen molar-refractivity contribution in [3.05, 3.63) is 70.4 Å². The molecule has 0 saturated heterocycles. The van der Waals surface area contributed by atoms with Crippen molar-refractivity contribution in [2.24, 2.45) is 0 Å². The van der Waals surface area contributed by atoms with Crippen LogP contribution in [0.4, 0.5) is 5.69 Å². The van der Waals surface area contributed by atoms with E-state index in [0.717, 1.165) is 6.20 Å². The molecule has 24 heavy (non-hydrogen) atoms. The lowest BCUT2D eigenvalue weighted by Gasteiger charge is -2.20. The fourth-order valence-corrected chi connectivity index (χ4v) is 2.57. The average Bonchev–Trinajstić information content (AvgIpc) is 2.61. The van der Waals surface area contributed by atoms with Gasteiger partial charge in [-0.1, -0.05) is 24.3 Å². The van der Waals surface area contributed by atoms with Crippen molar-refractivity contribution in [1.82, 2.24) is 0 Å². The molecule has 0 radical (unpaired) electrons. The summed E-state index contributed by atoms with van der Waals surface area (Å²) >= 11 is 0. The topological polar surface area (TPSA) is 114 Å². The highest BCUT2D eigenvalue weighted by Gasteiger charge is 2.33. The van der Waals surface area contributed by atoms with E-state index < -0.39 is 11.6 Å². The maximum Gasteiger partial charge on any atom is 0.198 e. The summed E-state index contributed by atoms with van der Waals surface area (Å²) < 4.78 is 0. The number of nitrogens with one attached hydrogen (secondary N) is 1. The van der Waals surface area contributed by atoms with E-state index in [-0.39, 0.29) is 39.3 Å². The number of nitriles is 2. The number of anilines is 1. The number of ketones is 2. The van der Waals surface area contributed by atoms with Crippen molar-refractivity contribution in [2.45, 2.75) is 0 Å². The van der Waals surface area contributed by atoms with E-state index in [9.17, 15) is 14.7 Å². The maximum absolute atomic E-state index is 12.8. The number of benzene rings is 2. The standard InChI is InChI=1S/C18H9N3O3/c19-7-10(8-20)9-21-13-5-6-14(22)16-15(13)17(23)11-3-1-2-4-12(11)18(16)24/h1-6,9,21-22H. The number of rotatable bonds is 2. The van der Waals surface area contributed by atoms with Gasteiger partial charge in [-0.25, -0.2) is 0 Å². The van der Waals surface area contributed by atoms with Crippen molar-refractivity contribution in [2.75, 3.05) is 5.32 Å². The van der Waals surface area contributed by atoms with Crippen LogP contribution in [0, 0.1) is 22.7 Å². The van der Waals surface area contributed by atoms with Gasteiger partial charge in [0.05, 0.1) is 16.8 Å². The number of aromatic hydroxyl groups is 1. The third kappa shape index (κ3) is 2.20. The average molecular weight is 315 g/mol. The molecule has 0 heterocycles. The second-order valence-electron chi connectivity index (χ2n) is 5.01. The van der Waals surface area contributed by atoms with Gasteiger partial charge < -0.3 is 10.4 Å². The Bertz CT molecular complexity index is 991. The molecule has 6 heteroatoms. The molecule has 1 aliphatic carbocycles. The van der Waals surface area contributed by atoms with Crippen LogP contribution in [-0.2, 0) is 0 Å². The molecule has 0 aliphatic heterocycles. The molecule has 0 unspecified atom stereocenters. The number of phenols is 1. The molecular weight excluding hydrogens is 306 g/mol. The van der Waals surface area contributed by atoms with E-state index >= 15 is 0 Å². The molecule has 0 bridgehead atoms. The number of hydrogen-bond donors (Lipinski definition) is 2. The smallest absolute Gasteiger partial charge is 0.198 e. The van der Waals surface area contributed by atoms with Crippen molar-refractivity contribution in [1.29, 1.82) is 10.5 Å². The molecular formula is C18H9N3O3. The fraction of sp³-hybridized carbons (Fsp3) is 0. The third-order valence-corrected chi connectivity index (χ3v) is 3.67. The Morgan fingerprint density at radius 3 is 2.12 bits per heavy atom. The normalized spacial score (nSPS) is 11.6. The Kier molecular flexibility index (Phi) is 3.57. The van der Waals surface area contributed by atoms with Gasteiger partial charge in [0.1, 0.15) is 23.5 Å². The van der Waals surface area contributed by atoms with Crippen molar-refractivity contribution in [3.63, 3.8) is 0 Å². The van der Waals surface area contributed by atoms with Crippen LogP contribution < -0.4 is 5.32 Å². The minimum atomic E-state index is -0.453. The summed E-state index contributed by atoms with van der Waals surface area (Å²) in [5.41, 5.74) is 0.448. The summed E-state index contributed by atoms with van der Waals surface area (Å²) in [7, 11) is 0. The molecule has 114 valence electrons. The van der Waals surface area contributed by atoms with Crippen LogP contribution in [0.2, 0.25) is 0 Å². The lowest BCUT2D eigenvalue weighted by atomic mass is 9.82. The van der Waals surface area contributed by atoms with Gasteiger partial charge in [0.25, 0.3) is 0 Å². The van der Waals surface area contributed by atoms with Crippen molar-refractivity contribution in [3.8, 4) is 17.9 Å². The Labute approximate surface area is 136 Å². The van der Waals surface area contributed by atoms with Crippen LogP contribution in [0.5, 0.6) is 5.75 Å². The Morgan fingerprint density at radius 1 is 0.958 bits per heavy atom. The van der Waals surface area contributed by atoms with Gasteiger partial charge in [-0.2, -0.15) is 10.5 Å². The molecule has 2 aromatic rings. The number of fused-ring (bicyclic) bond motifs is 2. The quantitative estimate of drug-likeness (QED) is 0.555. The molecule has 2 N–H and O–H groups in total. The molecule has 2 aromatic carbocycles. The van der Waals surface area contributed by atoms with E-state index in [1.807, 2.05) is 0 Å². The van der Waals surface area contributed by atoms with Crippen molar-refractivity contribution < 1.29 is 14.7 Å². The van der Waals surface area contributed by atoms with E-state index in [1.54, 1.807) is 24.3 Å². The second-order valence-corrected chi connectivity index (χ2v) is 5.01.